The van der Waals surface area contributed by atoms with Gasteiger partial charge in [-0.05, 0) is 44.0 Å². The molecular formula is C18H23N3O2S. The first-order valence-corrected chi connectivity index (χ1v) is 9.06. The maximum atomic E-state index is 12.1. The zero-order valence-electron chi connectivity index (χ0n) is 13.9. The Labute approximate surface area is 146 Å². The molecule has 1 aliphatic rings. The Kier molecular flexibility index (Phi) is 5.16. The van der Waals surface area contributed by atoms with Crippen molar-refractivity contribution in [1.82, 2.24) is 10.3 Å². The number of aliphatic hydroxyl groups is 1. The van der Waals surface area contributed by atoms with Crippen LogP contribution >= 0.6 is 11.3 Å². The third kappa shape index (κ3) is 4.33. The Morgan fingerprint density at radius 2 is 2.29 bits per heavy atom. The molecular weight excluding hydrogens is 322 g/mol. The summed E-state index contributed by atoms with van der Waals surface area (Å²) < 4.78 is 0. The molecule has 0 bridgehead atoms. The molecule has 2 aromatic rings. The number of carbonyl (C=O) groups excluding carboxylic acids is 1. The van der Waals surface area contributed by atoms with Crippen molar-refractivity contribution in [3.05, 3.63) is 46.3 Å². The van der Waals surface area contributed by atoms with Gasteiger partial charge in [0.1, 0.15) is 5.82 Å². The fourth-order valence-electron chi connectivity index (χ4n) is 3.06. The molecule has 0 unspecified atom stereocenters. The van der Waals surface area contributed by atoms with Crippen LogP contribution in [0, 0.1) is 6.92 Å². The van der Waals surface area contributed by atoms with Gasteiger partial charge in [0.2, 0.25) is 5.91 Å². The van der Waals surface area contributed by atoms with Gasteiger partial charge in [-0.15, -0.1) is 11.3 Å². The Hall–Kier alpha value is -1.92. The van der Waals surface area contributed by atoms with E-state index in [0.717, 1.165) is 23.7 Å². The van der Waals surface area contributed by atoms with Gasteiger partial charge in [-0.2, -0.15) is 0 Å². The van der Waals surface area contributed by atoms with Crippen LogP contribution in [0.1, 0.15) is 22.6 Å². The molecule has 5 nitrogen and oxygen atoms in total. The van der Waals surface area contributed by atoms with Gasteiger partial charge in [-0.1, -0.05) is 6.07 Å². The molecule has 0 radical (unpaired) electrons. The molecule has 0 aromatic carbocycles. The molecule has 0 aliphatic carbocycles. The number of thiophene rings is 1. The highest BCUT2D eigenvalue weighted by Gasteiger charge is 2.34. The summed E-state index contributed by atoms with van der Waals surface area (Å²) in [5, 5.41) is 13.7. The maximum absolute atomic E-state index is 12.1. The van der Waals surface area contributed by atoms with Gasteiger partial charge in [-0.25, -0.2) is 4.98 Å². The molecule has 128 valence electrons. The summed E-state index contributed by atoms with van der Waals surface area (Å²) >= 11 is 1.63. The number of rotatable bonds is 5. The van der Waals surface area contributed by atoms with E-state index in [1.54, 1.807) is 17.5 Å². The maximum Gasteiger partial charge on any atom is 0.225 e. The number of hydrogen-bond donors (Lipinski definition) is 2. The lowest BCUT2D eigenvalue weighted by molar-refractivity contribution is -0.121. The molecule has 24 heavy (non-hydrogen) atoms. The van der Waals surface area contributed by atoms with Gasteiger partial charge in [0.15, 0.2) is 0 Å². The minimum atomic E-state index is -0.906. The highest BCUT2D eigenvalue weighted by molar-refractivity contribution is 7.12. The monoisotopic (exact) mass is 345 g/mol. The number of hydrogen-bond acceptors (Lipinski definition) is 5. The minimum Gasteiger partial charge on any atom is -0.386 e. The van der Waals surface area contributed by atoms with Crippen molar-refractivity contribution >= 4 is 23.1 Å². The van der Waals surface area contributed by atoms with Crippen molar-refractivity contribution in [1.29, 1.82) is 0 Å². The SMILES string of the molecule is Cc1ccc(CC(=O)NC[C@]2(O)CCCN(c3ccccn3)C2)s1. The Balaban J connectivity index is 1.54. The zero-order valence-corrected chi connectivity index (χ0v) is 14.7. The largest absolute Gasteiger partial charge is 0.386 e. The van der Waals surface area contributed by atoms with Crippen LogP contribution in [-0.2, 0) is 11.2 Å². The minimum absolute atomic E-state index is 0.0414. The summed E-state index contributed by atoms with van der Waals surface area (Å²) in [5.41, 5.74) is -0.906. The molecule has 2 N–H and O–H groups in total. The molecule has 1 saturated heterocycles. The predicted molar refractivity (Wildman–Crippen MR) is 96.4 cm³/mol. The van der Waals surface area contributed by atoms with Crippen molar-refractivity contribution in [2.75, 3.05) is 24.5 Å². The van der Waals surface area contributed by atoms with Crippen LogP contribution < -0.4 is 10.2 Å². The van der Waals surface area contributed by atoms with Crippen LogP contribution in [0.5, 0.6) is 0 Å². The summed E-state index contributed by atoms with van der Waals surface area (Å²) in [6, 6.07) is 9.78. The van der Waals surface area contributed by atoms with Crippen molar-refractivity contribution in [3.63, 3.8) is 0 Å². The van der Waals surface area contributed by atoms with Crippen molar-refractivity contribution in [2.45, 2.75) is 31.8 Å². The number of nitrogens with zero attached hydrogens (tertiary/aromatic N) is 2. The second-order valence-corrected chi connectivity index (χ2v) is 7.78. The standard InChI is InChI=1S/C18H23N3O2S/c1-14-6-7-15(24-14)11-17(22)20-12-18(23)8-4-10-21(13-18)16-5-2-3-9-19-16/h2-3,5-7,9,23H,4,8,10-13H2,1H3,(H,20,22)/t18-/m1/s1. The van der Waals surface area contributed by atoms with Gasteiger partial charge < -0.3 is 15.3 Å². The molecule has 1 fully saturated rings. The van der Waals surface area contributed by atoms with Crippen LogP contribution in [0.4, 0.5) is 5.82 Å². The first-order chi connectivity index (χ1) is 11.5. The summed E-state index contributed by atoms with van der Waals surface area (Å²) in [4.78, 5) is 20.8. The lowest BCUT2D eigenvalue weighted by Crippen LogP contribution is -2.54. The number of aromatic nitrogens is 1. The van der Waals surface area contributed by atoms with E-state index in [4.69, 9.17) is 0 Å². The van der Waals surface area contributed by atoms with E-state index < -0.39 is 5.60 Å². The summed E-state index contributed by atoms with van der Waals surface area (Å²) in [5.74, 6) is 0.830. The number of pyridine rings is 1. The molecule has 6 heteroatoms. The Morgan fingerprint density at radius 3 is 3.00 bits per heavy atom. The molecule has 3 rings (SSSR count). The quantitative estimate of drug-likeness (QED) is 0.871. The van der Waals surface area contributed by atoms with E-state index in [9.17, 15) is 9.90 Å². The van der Waals surface area contributed by atoms with E-state index in [1.165, 1.54) is 4.88 Å². The second kappa shape index (κ2) is 7.32. The lowest BCUT2D eigenvalue weighted by Gasteiger charge is -2.39. The molecule has 3 heterocycles. The van der Waals surface area contributed by atoms with Crippen LogP contribution in [0.2, 0.25) is 0 Å². The summed E-state index contributed by atoms with van der Waals surface area (Å²) in [6.45, 7) is 3.67. The highest BCUT2D eigenvalue weighted by Crippen LogP contribution is 2.24. The fraction of sp³-hybridized carbons (Fsp3) is 0.444. The molecule has 1 amide bonds. The summed E-state index contributed by atoms with van der Waals surface area (Å²) in [6.07, 6.45) is 3.70. The smallest absolute Gasteiger partial charge is 0.225 e. The average molecular weight is 345 g/mol. The average Bonchev–Trinajstić information content (AvgIpc) is 2.99. The van der Waals surface area contributed by atoms with Gasteiger partial charge in [-0.3, -0.25) is 4.79 Å². The number of piperidine rings is 1. The Morgan fingerprint density at radius 1 is 1.42 bits per heavy atom. The van der Waals surface area contributed by atoms with Gasteiger partial charge in [0.25, 0.3) is 0 Å². The first kappa shape index (κ1) is 16.9. The molecule has 2 aromatic heterocycles. The van der Waals surface area contributed by atoms with Crippen molar-refractivity contribution < 1.29 is 9.90 Å². The van der Waals surface area contributed by atoms with Crippen LogP contribution in [0.15, 0.2) is 36.5 Å². The van der Waals surface area contributed by atoms with E-state index >= 15 is 0 Å². The summed E-state index contributed by atoms with van der Waals surface area (Å²) in [7, 11) is 0. The number of carbonyl (C=O) groups is 1. The topological polar surface area (TPSA) is 65.5 Å². The van der Waals surface area contributed by atoms with Crippen LogP contribution in [0.3, 0.4) is 0 Å². The zero-order chi connectivity index (χ0) is 17.0. The highest BCUT2D eigenvalue weighted by atomic mass is 32.1. The van der Waals surface area contributed by atoms with Gasteiger partial charge in [0, 0.05) is 35.6 Å². The number of anilines is 1. The number of aryl methyl sites for hydroxylation is 1. The first-order valence-electron chi connectivity index (χ1n) is 8.24. The third-order valence-corrected chi connectivity index (χ3v) is 5.27. The van der Waals surface area contributed by atoms with Gasteiger partial charge in [0.05, 0.1) is 12.0 Å². The number of β-amino-alcohol motifs (C(OH)–C–C–N with tert-alkyl or cyclic N) is 1. The van der Waals surface area contributed by atoms with Crippen LogP contribution in [-0.4, -0.2) is 41.2 Å². The lowest BCUT2D eigenvalue weighted by atomic mass is 9.92. The van der Waals surface area contributed by atoms with E-state index in [1.807, 2.05) is 37.3 Å². The normalized spacial score (nSPS) is 20.8. The molecule has 1 aliphatic heterocycles. The second-order valence-electron chi connectivity index (χ2n) is 6.40. The van der Waals surface area contributed by atoms with Gasteiger partial charge >= 0.3 is 0 Å². The van der Waals surface area contributed by atoms with E-state index in [0.29, 0.717) is 19.4 Å². The fourth-order valence-corrected chi connectivity index (χ4v) is 3.95. The third-order valence-electron chi connectivity index (χ3n) is 4.27. The van der Waals surface area contributed by atoms with E-state index in [2.05, 4.69) is 15.2 Å². The predicted octanol–water partition coefficient (Wildman–Crippen LogP) is 2.14. The van der Waals surface area contributed by atoms with Crippen molar-refractivity contribution in [2.24, 2.45) is 0 Å². The van der Waals surface area contributed by atoms with Crippen molar-refractivity contribution in [3.8, 4) is 0 Å². The van der Waals surface area contributed by atoms with E-state index in [-0.39, 0.29) is 12.5 Å². The molecule has 0 saturated carbocycles. The number of nitrogens with one attached hydrogen (secondary N) is 1. The molecule has 0 spiro atoms. The van der Waals surface area contributed by atoms with Crippen LogP contribution in [0.25, 0.3) is 0 Å². The Bertz CT molecular complexity index is 689. The number of amides is 1. The molecule has 1 atom stereocenters.